The third kappa shape index (κ3) is 2.90. The molecule has 3 rings (SSSR count). The fourth-order valence-electron chi connectivity index (χ4n) is 2.38. The highest BCUT2D eigenvalue weighted by molar-refractivity contribution is 7.17. The van der Waals surface area contributed by atoms with Crippen LogP contribution in [-0.4, -0.2) is 58.5 Å². The fraction of sp³-hybridized carbons (Fsp3) is 0.538. The Labute approximate surface area is 120 Å². The average molecular weight is 295 g/mol. The molecule has 1 fully saturated rings. The summed E-state index contributed by atoms with van der Waals surface area (Å²) < 4.78 is 7.41. The summed E-state index contributed by atoms with van der Waals surface area (Å²) in [6.45, 7) is 3.89. The van der Waals surface area contributed by atoms with Crippen LogP contribution in [0.4, 0.5) is 0 Å². The number of ether oxygens (including phenoxy) is 1. The van der Waals surface area contributed by atoms with Crippen molar-refractivity contribution in [3.63, 3.8) is 0 Å². The van der Waals surface area contributed by atoms with Gasteiger partial charge in [0.2, 0.25) is 0 Å². The van der Waals surface area contributed by atoms with E-state index in [4.69, 9.17) is 4.74 Å². The lowest BCUT2D eigenvalue weighted by Crippen LogP contribution is -2.42. The van der Waals surface area contributed by atoms with Crippen LogP contribution in [0.2, 0.25) is 0 Å². The van der Waals surface area contributed by atoms with Crippen LogP contribution < -0.4 is 5.56 Å². The SMILES string of the molecule is O=c1c2sccc2ncn1CC(O)CN1CCOCC1. The summed E-state index contributed by atoms with van der Waals surface area (Å²) in [4.78, 5) is 18.6. The number of hydrogen-bond donors (Lipinski definition) is 1. The van der Waals surface area contributed by atoms with Crippen molar-refractivity contribution in [1.82, 2.24) is 14.5 Å². The van der Waals surface area contributed by atoms with Gasteiger partial charge < -0.3 is 9.84 Å². The summed E-state index contributed by atoms with van der Waals surface area (Å²) >= 11 is 1.39. The van der Waals surface area contributed by atoms with Crippen LogP contribution >= 0.6 is 11.3 Å². The first-order valence-electron chi connectivity index (χ1n) is 6.65. The van der Waals surface area contributed by atoms with E-state index in [2.05, 4.69) is 9.88 Å². The van der Waals surface area contributed by atoms with E-state index < -0.39 is 6.10 Å². The van der Waals surface area contributed by atoms with E-state index >= 15 is 0 Å². The number of rotatable bonds is 4. The molecule has 3 heterocycles. The summed E-state index contributed by atoms with van der Waals surface area (Å²) in [6.07, 6.45) is 0.935. The smallest absolute Gasteiger partial charge is 0.271 e. The maximum Gasteiger partial charge on any atom is 0.271 e. The molecule has 1 saturated heterocycles. The maximum absolute atomic E-state index is 12.2. The maximum atomic E-state index is 12.2. The zero-order chi connectivity index (χ0) is 13.9. The van der Waals surface area contributed by atoms with Crippen LogP contribution in [-0.2, 0) is 11.3 Å². The molecule has 108 valence electrons. The number of morpholine rings is 1. The topological polar surface area (TPSA) is 67.6 Å². The second-order valence-electron chi connectivity index (χ2n) is 4.90. The van der Waals surface area contributed by atoms with Crippen LogP contribution in [0.1, 0.15) is 0 Å². The predicted octanol–water partition coefficient (Wildman–Crippen LogP) is 0.151. The summed E-state index contributed by atoms with van der Waals surface area (Å²) in [5.41, 5.74) is 0.643. The van der Waals surface area contributed by atoms with Crippen molar-refractivity contribution in [2.75, 3.05) is 32.8 Å². The summed E-state index contributed by atoms with van der Waals surface area (Å²) in [5.74, 6) is 0. The van der Waals surface area contributed by atoms with Crippen LogP contribution in [0, 0.1) is 0 Å². The lowest BCUT2D eigenvalue weighted by Gasteiger charge is -2.28. The van der Waals surface area contributed by atoms with Crippen molar-refractivity contribution < 1.29 is 9.84 Å². The van der Waals surface area contributed by atoms with Crippen molar-refractivity contribution in [2.45, 2.75) is 12.6 Å². The molecule has 1 unspecified atom stereocenters. The Morgan fingerprint density at radius 1 is 1.40 bits per heavy atom. The molecule has 0 bridgehead atoms. The highest BCUT2D eigenvalue weighted by Gasteiger charge is 2.16. The van der Waals surface area contributed by atoms with Gasteiger partial charge in [-0.05, 0) is 11.4 Å². The number of aliphatic hydroxyl groups is 1. The number of thiophene rings is 1. The second-order valence-corrected chi connectivity index (χ2v) is 5.82. The quantitative estimate of drug-likeness (QED) is 0.870. The molecule has 20 heavy (non-hydrogen) atoms. The second kappa shape index (κ2) is 6.01. The van der Waals surface area contributed by atoms with E-state index in [9.17, 15) is 9.90 Å². The van der Waals surface area contributed by atoms with E-state index in [0.29, 0.717) is 24.5 Å². The van der Waals surface area contributed by atoms with Gasteiger partial charge in [0.05, 0.1) is 37.7 Å². The largest absolute Gasteiger partial charge is 0.390 e. The minimum Gasteiger partial charge on any atom is -0.390 e. The van der Waals surface area contributed by atoms with E-state index in [1.807, 2.05) is 11.4 Å². The number of fused-ring (bicyclic) bond motifs is 1. The molecule has 6 nitrogen and oxygen atoms in total. The van der Waals surface area contributed by atoms with Crippen molar-refractivity contribution in [3.05, 3.63) is 28.1 Å². The number of β-amino-alcohol motifs (C(OH)–C–C–N with tert-alkyl or cyclic N) is 1. The first-order valence-corrected chi connectivity index (χ1v) is 7.53. The molecule has 1 aliphatic rings. The normalized spacial score (nSPS) is 18.4. The van der Waals surface area contributed by atoms with Crippen molar-refractivity contribution in [1.29, 1.82) is 0 Å². The van der Waals surface area contributed by atoms with Crippen molar-refractivity contribution >= 4 is 21.6 Å². The fourth-order valence-corrected chi connectivity index (χ4v) is 3.17. The Morgan fingerprint density at radius 3 is 3.00 bits per heavy atom. The molecule has 1 atom stereocenters. The molecular formula is C13H17N3O3S. The Hall–Kier alpha value is -1.28. The van der Waals surface area contributed by atoms with Crippen LogP contribution in [0.5, 0.6) is 0 Å². The number of aliphatic hydroxyl groups excluding tert-OH is 1. The highest BCUT2D eigenvalue weighted by atomic mass is 32.1. The van der Waals surface area contributed by atoms with Crippen molar-refractivity contribution in [2.24, 2.45) is 0 Å². The number of aromatic nitrogens is 2. The molecular weight excluding hydrogens is 278 g/mol. The molecule has 7 heteroatoms. The first kappa shape index (κ1) is 13.7. The summed E-state index contributed by atoms with van der Waals surface area (Å²) in [7, 11) is 0. The van der Waals surface area contributed by atoms with Gasteiger partial charge in [0.1, 0.15) is 4.70 Å². The Bertz CT molecular complexity index is 633. The van der Waals surface area contributed by atoms with Gasteiger partial charge in [-0.15, -0.1) is 11.3 Å². The zero-order valence-electron chi connectivity index (χ0n) is 11.1. The lowest BCUT2D eigenvalue weighted by molar-refractivity contribution is 0.0113. The predicted molar refractivity (Wildman–Crippen MR) is 77.1 cm³/mol. The van der Waals surface area contributed by atoms with Crippen LogP contribution in [0.25, 0.3) is 10.2 Å². The van der Waals surface area contributed by atoms with Gasteiger partial charge in [-0.1, -0.05) is 0 Å². The number of nitrogens with zero attached hydrogens (tertiary/aromatic N) is 3. The summed E-state index contributed by atoms with van der Waals surface area (Å²) in [6, 6.07) is 1.83. The molecule has 2 aromatic heterocycles. The Kier molecular flexibility index (Phi) is 4.11. The van der Waals surface area contributed by atoms with E-state index in [-0.39, 0.29) is 12.1 Å². The Balaban J connectivity index is 1.68. The minimum atomic E-state index is -0.579. The molecule has 1 N–H and O–H groups in total. The standard InChI is InChI=1S/C13H17N3O3S/c17-10(7-15-2-4-19-5-3-15)8-16-9-14-11-1-6-20-12(11)13(16)18/h1,6,9-10,17H,2-5,7-8H2. The Morgan fingerprint density at radius 2 is 2.20 bits per heavy atom. The van der Waals surface area contributed by atoms with E-state index in [0.717, 1.165) is 18.6 Å². The van der Waals surface area contributed by atoms with Gasteiger partial charge in [-0.3, -0.25) is 14.3 Å². The van der Waals surface area contributed by atoms with Crippen LogP contribution in [0.3, 0.4) is 0 Å². The molecule has 2 aromatic rings. The van der Waals surface area contributed by atoms with Gasteiger partial charge in [0.15, 0.2) is 0 Å². The average Bonchev–Trinajstić information content (AvgIpc) is 2.92. The first-order chi connectivity index (χ1) is 9.74. The van der Waals surface area contributed by atoms with Gasteiger partial charge >= 0.3 is 0 Å². The lowest BCUT2D eigenvalue weighted by atomic mass is 10.3. The summed E-state index contributed by atoms with van der Waals surface area (Å²) in [5, 5.41) is 12.0. The minimum absolute atomic E-state index is 0.0778. The number of hydrogen-bond acceptors (Lipinski definition) is 6. The third-order valence-electron chi connectivity index (χ3n) is 3.42. The highest BCUT2D eigenvalue weighted by Crippen LogP contribution is 2.13. The third-order valence-corrected chi connectivity index (χ3v) is 4.31. The molecule has 0 spiro atoms. The molecule has 0 radical (unpaired) electrons. The van der Waals surface area contributed by atoms with E-state index in [1.165, 1.54) is 22.2 Å². The van der Waals surface area contributed by atoms with Gasteiger partial charge in [-0.2, -0.15) is 0 Å². The molecule has 0 amide bonds. The molecule has 1 aliphatic heterocycles. The molecule has 0 saturated carbocycles. The van der Waals surface area contributed by atoms with Crippen molar-refractivity contribution in [3.8, 4) is 0 Å². The monoisotopic (exact) mass is 295 g/mol. The van der Waals surface area contributed by atoms with Crippen LogP contribution in [0.15, 0.2) is 22.6 Å². The van der Waals surface area contributed by atoms with Gasteiger partial charge in [0, 0.05) is 19.6 Å². The van der Waals surface area contributed by atoms with Gasteiger partial charge in [0.25, 0.3) is 5.56 Å². The van der Waals surface area contributed by atoms with E-state index in [1.54, 1.807) is 0 Å². The van der Waals surface area contributed by atoms with Gasteiger partial charge in [-0.25, -0.2) is 4.98 Å². The molecule has 0 aromatic carbocycles. The molecule has 0 aliphatic carbocycles. The zero-order valence-corrected chi connectivity index (χ0v) is 11.9.